The number of phenolic OH excluding ortho intramolecular Hbond substituents is 1. The number of ether oxygens (including phenoxy) is 2. The lowest BCUT2D eigenvalue weighted by Crippen LogP contribution is -2.13. The fourth-order valence-corrected chi connectivity index (χ4v) is 6.60. The average Bonchev–Trinajstić information content (AvgIpc) is 3.00. The van der Waals surface area contributed by atoms with Crippen molar-refractivity contribution in [3.8, 4) is 23.0 Å². The summed E-state index contributed by atoms with van der Waals surface area (Å²) in [6.07, 6.45) is 1.72. The number of nitrogens with one attached hydrogen (secondary N) is 1. The van der Waals surface area contributed by atoms with Crippen LogP contribution in [-0.4, -0.2) is 25.6 Å². The molecule has 0 radical (unpaired) electrons. The van der Waals surface area contributed by atoms with Crippen LogP contribution in [0.1, 0.15) is 0 Å². The number of anilines is 1. The molecule has 0 atom stereocenters. The molecule has 0 aliphatic heterocycles. The second-order valence-electron chi connectivity index (χ2n) is 9.08. The summed E-state index contributed by atoms with van der Waals surface area (Å²) in [4.78, 5) is 5.91. The van der Waals surface area contributed by atoms with E-state index in [1.54, 1.807) is 67.9 Å². The van der Waals surface area contributed by atoms with Crippen LogP contribution in [-0.2, 0) is 10.0 Å². The number of fused-ring (bicyclic) bond motifs is 2. The van der Waals surface area contributed by atoms with Gasteiger partial charge in [0.15, 0.2) is 11.5 Å². The highest BCUT2D eigenvalue weighted by Gasteiger charge is 2.20. The highest BCUT2D eigenvalue weighted by molar-refractivity contribution is 7.99. The van der Waals surface area contributed by atoms with E-state index >= 15 is 0 Å². The Morgan fingerprint density at radius 1 is 0.780 bits per heavy atom. The molecule has 0 saturated carbocycles. The van der Waals surface area contributed by atoms with Gasteiger partial charge in [0.2, 0.25) is 0 Å². The van der Waals surface area contributed by atoms with Crippen molar-refractivity contribution in [2.45, 2.75) is 14.7 Å². The van der Waals surface area contributed by atoms with Crippen molar-refractivity contribution >= 4 is 49.1 Å². The van der Waals surface area contributed by atoms with Gasteiger partial charge < -0.3 is 14.6 Å². The molecule has 41 heavy (non-hydrogen) atoms. The molecule has 0 spiro atoms. The Balaban J connectivity index is 1.33. The number of pyridine rings is 1. The van der Waals surface area contributed by atoms with Gasteiger partial charge in [-0.05, 0) is 54.6 Å². The first kappa shape index (κ1) is 26.5. The van der Waals surface area contributed by atoms with E-state index in [9.17, 15) is 13.5 Å². The first-order valence-corrected chi connectivity index (χ1v) is 14.9. The lowest BCUT2D eigenvalue weighted by atomic mass is 10.1. The van der Waals surface area contributed by atoms with Gasteiger partial charge in [0.25, 0.3) is 10.0 Å². The van der Waals surface area contributed by atoms with E-state index in [-0.39, 0.29) is 10.6 Å². The molecule has 0 amide bonds. The molecule has 6 rings (SSSR count). The third-order valence-corrected chi connectivity index (χ3v) is 8.93. The molecule has 0 aliphatic rings. The van der Waals surface area contributed by atoms with E-state index in [1.165, 1.54) is 23.9 Å². The maximum absolute atomic E-state index is 13.5. The highest BCUT2D eigenvalue weighted by Crippen LogP contribution is 2.44. The minimum atomic E-state index is -3.98. The van der Waals surface area contributed by atoms with Gasteiger partial charge in [-0.3, -0.25) is 9.71 Å². The normalized spacial score (nSPS) is 11.4. The van der Waals surface area contributed by atoms with Crippen LogP contribution in [0.15, 0.2) is 130 Å². The second-order valence-corrected chi connectivity index (χ2v) is 11.8. The molecule has 9 heteroatoms. The Labute approximate surface area is 241 Å². The minimum Gasteiger partial charge on any atom is -0.506 e. The van der Waals surface area contributed by atoms with Crippen molar-refractivity contribution in [1.29, 1.82) is 0 Å². The molecule has 0 unspecified atom stereocenters. The molecular formula is C32H24N2O5S2. The predicted octanol–water partition coefficient (Wildman–Crippen LogP) is 7.85. The minimum absolute atomic E-state index is 0.0643. The zero-order valence-electron chi connectivity index (χ0n) is 21.8. The van der Waals surface area contributed by atoms with Crippen LogP contribution in [0.5, 0.6) is 23.0 Å². The number of nitrogens with zero attached hydrogens (tertiary/aromatic N) is 1. The van der Waals surface area contributed by atoms with E-state index in [4.69, 9.17) is 9.47 Å². The summed E-state index contributed by atoms with van der Waals surface area (Å²) >= 11 is 1.33. The van der Waals surface area contributed by atoms with Crippen molar-refractivity contribution in [2.75, 3.05) is 11.8 Å². The van der Waals surface area contributed by atoms with Gasteiger partial charge in [-0.1, -0.05) is 66.4 Å². The second kappa shape index (κ2) is 11.0. The fourth-order valence-electron chi connectivity index (χ4n) is 4.49. The molecule has 1 aromatic heterocycles. The third kappa shape index (κ3) is 5.37. The monoisotopic (exact) mass is 580 g/mol. The average molecular weight is 581 g/mol. The summed E-state index contributed by atoms with van der Waals surface area (Å²) in [6.45, 7) is 0. The molecular weight excluding hydrogens is 556 g/mol. The molecule has 0 aliphatic carbocycles. The summed E-state index contributed by atoms with van der Waals surface area (Å²) < 4.78 is 40.9. The number of hydrogen-bond acceptors (Lipinski definition) is 7. The number of sulfonamides is 1. The Kier molecular flexibility index (Phi) is 7.13. The predicted molar refractivity (Wildman–Crippen MR) is 162 cm³/mol. The SMILES string of the molecule is COc1ccccc1Oc1ccc(S(=O)(=O)Nc2cc(Sc3cccc4cccnc34)c(O)c3ccccc23)cc1. The van der Waals surface area contributed by atoms with Gasteiger partial charge in [0, 0.05) is 27.3 Å². The zero-order chi connectivity index (χ0) is 28.4. The maximum atomic E-state index is 13.5. The van der Waals surface area contributed by atoms with E-state index in [0.717, 1.165) is 15.8 Å². The lowest BCUT2D eigenvalue weighted by molar-refractivity contribution is 0.379. The molecule has 0 fully saturated rings. The topological polar surface area (TPSA) is 97.8 Å². The Hall–Kier alpha value is -4.73. The third-order valence-electron chi connectivity index (χ3n) is 6.47. The summed E-state index contributed by atoms with van der Waals surface area (Å²) in [7, 11) is -2.42. The van der Waals surface area contributed by atoms with Crippen LogP contribution in [0.2, 0.25) is 0 Å². The van der Waals surface area contributed by atoms with Crippen LogP contribution in [0, 0.1) is 0 Å². The first-order valence-electron chi connectivity index (χ1n) is 12.6. The smallest absolute Gasteiger partial charge is 0.261 e. The molecule has 0 saturated heterocycles. The standard InChI is InChI=1S/C32H24N2O5S2/c1-38-27-12-4-5-13-28(27)39-22-15-17-23(18-16-22)41(36,37)34-26-20-30(32(35)25-11-3-2-10-24(25)26)40-29-14-6-8-21-9-7-19-33-31(21)29/h2-20,34-35H,1H3. The van der Waals surface area contributed by atoms with Crippen LogP contribution < -0.4 is 14.2 Å². The zero-order valence-corrected chi connectivity index (χ0v) is 23.4. The number of aromatic nitrogens is 1. The van der Waals surface area contributed by atoms with Gasteiger partial charge in [0.1, 0.15) is 11.5 Å². The van der Waals surface area contributed by atoms with Crippen molar-refractivity contribution in [2.24, 2.45) is 0 Å². The van der Waals surface area contributed by atoms with Gasteiger partial charge in [-0.15, -0.1) is 0 Å². The van der Waals surface area contributed by atoms with Crippen LogP contribution in [0.4, 0.5) is 5.69 Å². The molecule has 204 valence electrons. The molecule has 7 nitrogen and oxygen atoms in total. The first-order chi connectivity index (χ1) is 19.9. The molecule has 1 heterocycles. The van der Waals surface area contributed by atoms with Crippen molar-refractivity contribution < 1.29 is 23.0 Å². The maximum Gasteiger partial charge on any atom is 0.261 e. The molecule has 0 bridgehead atoms. The largest absolute Gasteiger partial charge is 0.506 e. The number of aromatic hydroxyl groups is 1. The van der Waals surface area contributed by atoms with E-state index in [0.29, 0.717) is 38.6 Å². The van der Waals surface area contributed by atoms with Crippen LogP contribution in [0.25, 0.3) is 21.7 Å². The highest BCUT2D eigenvalue weighted by atomic mass is 32.2. The number of phenols is 1. The summed E-state index contributed by atoms with van der Waals surface area (Å²) in [5.74, 6) is 1.62. The van der Waals surface area contributed by atoms with E-state index in [2.05, 4.69) is 9.71 Å². The van der Waals surface area contributed by atoms with Gasteiger partial charge in [-0.25, -0.2) is 8.42 Å². The van der Waals surface area contributed by atoms with E-state index < -0.39 is 10.0 Å². The fraction of sp³-hybridized carbons (Fsp3) is 0.0312. The van der Waals surface area contributed by atoms with Gasteiger partial charge in [-0.2, -0.15) is 0 Å². The number of methoxy groups -OCH3 is 1. The summed E-state index contributed by atoms with van der Waals surface area (Å²) in [5.41, 5.74) is 1.15. The Bertz CT molecular complexity index is 1990. The number of para-hydroxylation sites is 3. The van der Waals surface area contributed by atoms with Gasteiger partial charge in [0.05, 0.1) is 28.1 Å². The Morgan fingerprint density at radius 2 is 1.49 bits per heavy atom. The molecule has 2 N–H and O–H groups in total. The van der Waals surface area contributed by atoms with Crippen molar-refractivity contribution in [1.82, 2.24) is 4.98 Å². The van der Waals surface area contributed by atoms with E-state index in [1.807, 2.05) is 42.5 Å². The summed E-state index contributed by atoms with van der Waals surface area (Å²) in [5, 5.41) is 13.2. The number of rotatable bonds is 8. The molecule has 6 aromatic rings. The van der Waals surface area contributed by atoms with Crippen molar-refractivity contribution in [3.05, 3.63) is 115 Å². The number of benzene rings is 5. The van der Waals surface area contributed by atoms with Gasteiger partial charge >= 0.3 is 0 Å². The molecule has 5 aromatic carbocycles. The Morgan fingerprint density at radius 3 is 2.27 bits per heavy atom. The van der Waals surface area contributed by atoms with Crippen molar-refractivity contribution in [3.63, 3.8) is 0 Å². The van der Waals surface area contributed by atoms with Crippen LogP contribution >= 0.6 is 11.8 Å². The quantitative estimate of drug-likeness (QED) is 0.177. The van der Waals surface area contributed by atoms with Crippen LogP contribution in [0.3, 0.4) is 0 Å². The summed E-state index contributed by atoms with van der Waals surface area (Å²) in [6, 6.07) is 31.8. The number of hydrogen-bond donors (Lipinski definition) is 2. The lowest BCUT2D eigenvalue weighted by Gasteiger charge is -2.16.